The minimum absolute atomic E-state index is 0.511. The number of rotatable bonds is 11. The normalized spacial score (nSPS) is 19.8. The first-order chi connectivity index (χ1) is 11.4. The van der Waals surface area contributed by atoms with Crippen LogP contribution in [0.15, 0.2) is 4.99 Å². The fraction of sp³-hybridized carbons (Fsp3) is 0.944. The Hall–Kier alpha value is -0.810. The molecule has 0 bridgehead atoms. The van der Waals surface area contributed by atoms with Crippen molar-refractivity contribution in [1.29, 1.82) is 0 Å². The molecular formula is C18H35N3O2. The highest BCUT2D eigenvalue weighted by atomic mass is 16.5. The summed E-state index contributed by atoms with van der Waals surface area (Å²) in [5, 5.41) is 6.68. The van der Waals surface area contributed by atoms with Gasteiger partial charge in [-0.05, 0) is 44.4 Å². The van der Waals surface area contributed by atoms with Crippen LogP contribution in [-0.2, 0) is 9.47 Å². The van der Waals surface area contributed by atoms with Gasteiger partial charge in [0.2, 0.25) is 0 Å². The molecule has 0 aromatic carbocycles. The van der Waals surface area contributed by atoms with Gasteiger partial charge < -0.3 is 20.1 Å². The number of ether oxygens (including phenoxy) is 2. The van der Waals surface area contributed by atoms with Crippen LogP contribution < -0.4 is 10.6 Å². The van der Waals surface area contributed by atoms with Crippen molar-refractivity contribution in [2.24, 2.45) is 10.9 Å². The lowest BCUT2D eigenvalue weighted by Crippen LogP contribution is -2.38. The Balaban J connectivity index is 1.38. The predicted molar refractivity (Wildman–Crippen MR) is 95.0 cm³/mol. The highest BCUT2D eigenvalue weighted by molar-refractivity contribution is 5.79. The van der Waals surface area contributed by atoms with E-state index < -0.39 is 0 Å². The Bertz CT molecular complexity index is 326. The van der Waals surface area contributed by atoms with Gasteiger partial charge in [-0.1, -0.05) is 19.3 Å². The van der Waals surface area contributed by atoms with Crippen LogP contribution in [0.25, 0.3) is 0 Å². The molecule has 2 rings (SSSR count). The van der Waals surface area contributed by atoms with Gasteiger partial charge in [0.1, 0.15) is 0 Å². The number of guanidine groups is 1. The lowest BCUT2D eigenvalue weighted by molar-refractivity contribution is 0.0277. The zero-order valence-electron chi connectivity index (χ0n) is 14.8. The Morgan fingerprint density at radius 1 is 0.957 bits per heavy atom. The molecule has 134 valence electrons. The van der Waals surface area contributed by atoms with Gasteiger partial charge in [0.05, 0.1) is 6.10 Å². The molecule has 2 aliphatic rings. The number of hydrogen-bond acceptors (Lipinski definition) is 3. The Morgan fingerprint density at radius 3 is 2.30 bits per heavy atom. The molecule has 2 N–H and O–H groups in total. The average Bonchev–Trinajstić information content (AvgIpc) is 3.41. The van der Waals surface area contributed by atoms with E-state index in [0.29, 0.717) is 6.10 Å². The van der Waals surface area contributed by atoms with Gasteiger partial charge in [0.25, 0.3) is 0 Å². The predicted octanol–water partition coefficient (Wildman–Crippen LogP) is 2.71. The average molecular weight is 325 g/mol. The minimum atomic E-state index is 0.511. The molecule has 0 radical (unpaired) electrons. The van der Waals surface area contributed by atoms with Crippen molar-refractivity contribution in [3.8, 4) is 0 Å². The third kappa shape index (κ3) is 9.16. The molecule has 0 aromatic heterocycles. The van der Waals surface area contributed by atoms with Crippen LogP contribution in [0.3, 0.4) is 0 Å². The van der Waals surface area contributed by atoms with Crippen molar-refractivity contribution in [3.63, 3.8) is 0 Å². The summed E-state index contributed by atoms with van der Waals surface area (Å²) in [6, 6.07) is 0. The number of hydrogen-bond donors (Lipinski definition) is 2. The van der Waals surface area contributed by atoms with Gasteiger partial charge in [0.15, 0.2) is 5.96 Å². The molecule has 0 aliphatic heterocycles. The van der Waals surface area contributed by atoms with Crippen LogP contribution in [0, 0.1) is 5.92 Å². The lowest BCUT2D eigenvalue weighted by Gasteiger charge is -2.22. The summed E-state index contributed by atoms with van der Waals surface area (Å²) in [6.45, 7) is 4.46. The second-order valence-electron chi connectivity index (χ2n) is 6.78. The smallest absolute Gasteiger partial charge is 0.190 e. The lowest BCUT2D eigenvalue weighted by atomic mass is 9.98. The molecule has 23 heavy (non-hydrogen) atoms. The van der Waals surface area contributed by atoms with E-state index in [2.05, 4.69) is 15.6 Å². The van der Waals surface area contributed by atoms with E-state index in [1.165, 1.54) is 44.9 Å². The highest BCUT2D eigenvalue weighted by Crippen LogP contribution is 2.28. The van der Waals surface area contributed by atoms with Crippen LogP contribution in [0.4, 0.5) is 0 Å². The maximum absolute atomic E-state index is 5.93. The molecule has 2 saturated carbocycles. The van der Waals surface area contributed by atoms with Crippen molar-refractivity contribution in [2.45, 2.75) is 63.9 Å². The summed E-state index contributed by atoms with van der Waals surface area (Å²) < 4.78 is 11.6. The van der Waals surface area contributed by atoms with Crippen molar-refractivity contribution in [3.05, 3.63) is 0 Å². The molecular weight excluding hydrogens is 290 g/mol. The van der Waals surface area contributed by atoms with Gasteiger partial charge in [0, 0.05) is 40.0 Å². The summed E-state index contributed by atoms with van der Waals surface area (Å²) in [5.74, 6) is 1.73. The Labute approximate surface area is 141 Å². The molecule has 0 saturated heterocycles. The van der Waals surface area contributed by atoms with Crippen molar-refractivity contribution in [1.82, 2.24) is 10.6 Å². The van der Waals surface area contributed by atoms with E-state index in [1.807, 2.05) is 7.05 Å². The first-order valence-corrected chi connectivity index (χ1v) is 9.52. The second-order valence-corrected chi connectivity index (χ2v) is 6.78. The molecule has 2 aliphatic carbocycles. The van der Waals surface area contributed by atoms with E-state index in [-0.39, 0.29) is 0 Å². The van der Waals surface area contributed by atoms with E-state index in [4.69, 9.17) is 9.47 Å². The van der Waals surface area contributed by atoms with E-state index in [1.54, 1.807) is 0 Å². The fourth-order valence-electron chi connectivity index (χ4n) is 2.90. The topological polar surface area (TPSA) is 54.9 Å². The molecule has 0 heterocycles. The van der Waals surface area contributed by atoms with Crippen LogP contribution in [0.2, 0.25) is 0 Å². The molecule has 0 spiro atoms. The summed E-state index contributed by atoms with van der Waals surface area (Å²) >= 11 is 0. The van der Waals surface area contributed by atoms with Gasteiger partial charge >= 0.3 is 0 Å². The van der Waals surface area contributed by atoms with Gasteiger partial charge in [-0.25, -0.2) is 0 Å². The van der Waals surface area contributed by atoms with Crippen LogP contribution in [-0.4, -0.2) is 52.0 Å². The summed E-state index contributed by atoms with van der Waals surface area (Å²) in [5.41, 5.74) is 0. The number of nitrogens with one attached hydrogen (secondary N) is 2. The van der Waals surface area contributed by atoms with Crippen LogP contribution >= 0.6 is 0 Å². The number of aliphatic imine (C=N–C) groups is 1. The largest absolute Gasteiger partial charge is 0.381 e. The molecule has 5 heteroatoms. The minimum Gasteiger partial charge on any atom is -0.381 e. The third-order valence-corrected chi connectivity index (χ3v) is 4.55. The second kappa shape index (κ2) is 11.7. The summed E-state index contributed by atoms with van der Waals surface area (Å²) in [6.07, 6.45) is 11.8. The van der Waals surface area contributed by atoms with Gasteiger partial charge in [-0.3, -0.25) is 4.99 Å². The van der Waals surface area contributed by atoms with Gasteiger partial charge in [-0.2, -0.15) is 0 Å². The standard InChI is InChI=1S/C18H35N3O2/c1-19-18(20-11-5-13-22-15-16-9-10-16)21-12-6-14-23-17-7-3-2-4-8-17/h16-17H,2-15H2,1H3,(H2,19,20,21). The quantitative estimate of drug-likeness (QED) is 0.348. The number of nitrogens with zero attached hydrogens (tertiary/aromatic N) is 1. The van der Waals surface area contributed by atoms with Crippen molar-refractivity contribution < 1.29 is 9.47 Å². The monoisotopic (exact) mass is 325 g/mol. The molecule has 5 nitrogen and oxygen atoms in total. The van der Waals surface area contributed by atoms with E-state index >= 15 is 0 Å². The maximum Gasteiger partial charge on any atom is 0.190 e. The fourth-order valence-corrected chi connectivity index (χ4v) is 2.90. The molecule has 0 unspecified atom stereocenters. The van der Waals surface area contributed by atoms with Crippen LogP contribution in [0.5, 0.6) is 0 Å². The van der Waals surface area contributed by atoms with Crippen molar-refractivity contribution in [2.75, 3.05) is 40.0 Å². The zero-order valence-corrected chi connectivity index (χ0v) is 14.8. The molecule has 0 amide bonds. The first kappa shape index (κ1) is 18.5. The van der Waals surface area contributed by atoms with E-state index in [0.717, 1.165) is 57.6 Å². The Kier molecular flexibility index (Phi) is 9.41. The third-order valence-electron chi connectivity index (χ3n) is 4.55. The van der Waals surface area contributed by atoms with E-state index in [9.17, 15) is 0 Å². The summed E-state index contributed by atoms with van der Waals surface area (Å²) in [7, 11) is 1.82. The van der Waals surface area contributed by atoms with Crippen LogP contribution in [0.1, 0.15) is 57.8 Å². The molecule has 0 atom stereocenters. The zero-order chi connectivity index (χ0) is 16.2. The summed E-state index contributed by atoms with van der Waals surface area (Å²) in [4.78, 5) is 4.24. The molecule has 0 aromatic rings. The SMILES string of the molecule is CN=C(NCCCOCC1CC1)NCCCOC1CCCCC1. The highest BCUT2D eigenvalue weighted by Gasteiger charge is 2.20. The first-order valence-electron chi connectivity index (χ1n) is 9.52. The molecule has 2 fully saturated rings. The Morgan fingerprint density at radius 2 is 1.65 bits per heavy atom. The maximum atomic E-state index is 5.93. The van der Waals surface area contributed by atoms with Gasteiger partial charge in [-0.15, -0.1) is 0 Å². The van der Waals surface area contributed by atoms with Crippen molar-refractivity contribution >= 4 is 5.96 Å².